The van der Waals surface area contributed by atoms with Crippen LogP contribution in [0.4, 0.5) is 0 Å². The van der Waals surface area contributed by atoms with Gasteiger partial charge < -0.3 is 29.7 Å². The molecule has 0 amide bonds. The zero-order valence-corrected chi connectivity index (χ0v) is 46.1. The molecule has 3 aromatic carbocycles. The number of aliphatic carboxylic acids is 3. The van der Waals surface area contributed by atoms with Gasteiger partial charge in [-0.1, -0.05) is 264 Å². The molecular formula is C63H93AlO9. The van der Waals surface area contributed by atoms with Crippen molar-refractivity contribution in [2.24, 2.45) is 0 Å². The summed E-state index contributed by atoms with van der Waals surface area (Å²) in [7, 11) is 0. The van der Waals surface area contributed by atoms with Gasteiger partial charge in [-0.2, -0.15) is 0 Å². The first-order chi connectivity index (χ1) is 35.1. The van der Waals surface area contributed by atoms with Crippen molar-refractivity contribution in [3.63, 3.8) is 0 Å². The number of Topliss-reactive ketones (excluding diaryl/α,β-unsaturated/α-hetero) is 3. The van der Waals surface area contributed by atoms with Crippen LogP contribution < -0.4 is 15.3 Å². The summed E-state index contributed by atoms with van der Waals surface area (Å²) >= 11 is 0. The van der Waals surface area contributed by atoms with Crippen molar-refractivity contribution in [3.05, 3.63) is 108 Å². The van der Waals surface area contributed by atoms with Crippen LogP contribution in [0, 0.1) is 0 Å². The second-order valence-electron chi connectivity index (χ2n) is 19.7. The van der Waals surface area contributed by atoms with Crippen LogP contribution >= 0.6 is 0 Å². The maximum Gasteiger partial charge on any atom is 3.00 e. The van der Waals surface area contributed by atoms with Crippen molar-refractivity contribution in [2.45, 2.75) is 250 Å². The largest absolute Gasteiger partial charge is 3.00 e. The molecule has 0 spiro atoms. The van der Waals surface area contributed by atoms with Gasteiger partial charge in [0.1, 0.15) is 0 Å². The SMILES string of the molecule is O=C([O-])CCCCCCCCCCCCCC(=O)c1ccccc1.O=C([O-])CCCCCCCCCCCCCC(=O)c1ccccc1.O=C([O-])CCCCCCCCCCCCCC(=O)c1ccccc1.[Al+3]. The van der Waals surface area contributed by atoms with Crippen LogP contribution in [0.15, 0.2) is 91.0 Å². The summed E-state index contributed by atoms with van der Waals surface area (Å²) in [6, 6.07) is 28.6. The van der Waals surface area contributed by atoms with E-state index < -0.39 is 17.9 Å². The number of carbonyl (C=O) groups is 6. The van der Waals surface area contributed by atoms with Crippen LogP contribution in [0.5, 0.6) is 0 Å². The number of rotatable bonds is 45. The smallest absolute Gasteiger partial charge is 0.550 e. The van der Waals surface area contributed by atoms with Gasteiger partial charge in [0.25, 0.3) is 0 Å². The second kappa shape index (κ2) is 51.1. The van der Waals surface area contributed by atoms with Crippen molar-refractivity contribution in [1.82, 2.24) is 0 Å². The Morgan fingerprint density at radius 1 is 0.219 bits per heavy atom. The minimum Gasteiger partial charge on any atom is -0.550 e. The van der Waals surface area contributed by atoms with E-state index in [1.807, 2.05) is 91.0 Å². The van der Waals surface area contributed by atoms with Gasteiger partial charge in [0.15, 0.2) is 17.3 Å². The standard InChI is InChI=1S/3C21H32O3.Al/c3*22-20(19-15-11-10-12-16-19)17-13-8-6-4-2-1-3-5-7-9-14-18-21(23)24;/h3*10-12,15-16H,1-9,13-14,17-18H2,(H,23,24);/q;;;+3/p-3. The molecular weight excluding hydrogens is 928 g/mol. The number of ketones is 3. The number of hydrogen-bond donors (Lipinski definition) is 0. The molecule has 0 heterocycles. The average molecular weight is 1020 g/mol. The van der Waals surface area contributed by atoms with E-state index >= 15 is 0 Å². The van der Waals surface area contributed by atoms with E-state index in [1.165, 1.54) is 116 Å². The summed E-state index contributed by atoms with van der Waals surface area (Å²) < 4.78 is 0. The fourth-order valence-corrected chi connectivity index (χ4v) is 8.74. The Kier molecular flexibility index (Phi) is 48.0. The Bertz CT molecular complexity index is 1580. The van der Waals surface area contributed by atoms with E-state index in [4.69, 9.17) is 0 Å². The minimum absolute atomic E-state index is 0. The summed E-state index contributed by atoms with van der Waals surface area (Å²) in [5.41, 5.74) is 2.49. The Morgan fingerprint density at radius 3 is 0.507 bits per heavy atom. The molecule has 3 aromatic rings. The molecule has 0 aliphatic rings. The van der Waals surface area contributed by atoms with Crippen LogP contribution in [0.1, 0.15) is 281 Å². The van der Waals surface area contributed by atoms with Crippen molar-refractivity contribution < 1.29 is 44.1 Å². The maximum atomic E-state index is 11.9. The quantitative estimate of drug-likeness (QED) is 0.0303. The van der Waals surface area contributed by atoms with Gasteiger partial charge in [-0.05, 0) is 57.8 Å². The Labute approximate surface area is 452 Å². The van der Waals surface area contributed by atoms with Crippen LogP contribution in [0.25, 0.3) is 0 Å². The molecule has 0 unspecified atom stereocenters. The fraction of sp³-hybridized carbons (Fsp3) is 0.619. The zero-order chi connectivity index (χ0) is 52.4. The van der Waals surface area contributed by atoms with Gasteiger partial charge in [0.05, 0.1) is 0 Å². The third-order valence-electron chi connectivity index (χ3n) is 13.1. The Balaban J connectivity index is 0.00000106. The molecule has 0 aromatic heterocycles. The topological polar surface area (TPSA) is 172 Å². The zero-order valence-electron chi connectivity index (χ0n) is 45.0. The summed E-state index contributed by atoms with van der Waals surface area (Å²) in [5.74, 6) is -2.01. The van der Waals surface area contributed by atoms with Gasteiger partial charge in [-0.3, -0.25) is 14.4 Å². The van der Waals surface area contributed by atoms with E-state index in [0.29, 0.717) is 19.3 Å². The van der Waals surface area contributed by atoms with Crippen LogP contribution in [0.2, 0.25) is 0 Å². The second-order valence-corrected chi connectivity index (χ2v) is 19.7. The molecule has 0 radical (unpaired) electrons. The first-order valence-corrected chi connectivity index (χ1v) is 28.4. The third-order valence-corrected chi connectivity index (χ3v) is 13.1. The predicted octanol–water partition coefficient (Wildman–Crippen LogP) is 13.7. The van der Waals surface area contributed by atoms with Crippen molar-refractivity contribution in [1.29, 1.82) is 0 Å². The number of benzene rings is 3. The van der Waals surface area contributed by atoms with E-state index in [1.54, 1.807) is 0 Å². The van der Waals surface area contributed by atoms with E-state index in [-0.39, 0.29) is 54.0 Å². The molecule has 0 bridgehead atoms. The van der Waals surface area contributed by atoms with Gasteiger partial charge in [0.2, 0.25) is 0 Å². The molecule has 0 atom stereocenters. The summed E-state index contributed by atoms with van der Waals surface area (Å²) in [5, 5.41) is 30.8. The summed E-state index contributed by atoms with van der Waals surface area (Å²) in [6.45, 7) is 0. The first-order valence-electron chi connectivity index (χ1n) is 28.4. The normalized spacial score (nSPS) is 10.5. The molecule has 402 valence electrons. The number of hydrogen-bond acceptors (Lipinski definition) is 9. The maximum absolute atomic E-state index is 11.9. The summed E-state index contributed by atoms with van der Waals surface area (Å²) in [6.07, 6.45) is 40.0. The molecule has 0 saturated carbocycles. The van der Waals surface area contributed by atoms with Crippen molar-refractivity contribution in [3.8, 4) is 0 Å². The molecule has 9 nitrogen and oxygen atoms in total. The molecule has 3 rings (SSSR count). The van der Waals surface area contributed by atoms with Crippen molar-refractivity contribution in [2.75, 3.05) is 0 Å². The first kappa shape index (κ1) is 68.6. The van der Waals surface area contributed by atoms with Gasteiger partial charge in [0, 0.05) is 53.9 Å². The third kappa shape index (κ3) is 45.9. The number of carbonyl (C=O) groups excluding carboxylic acids is 6. The van der Waals surface area contributed by atoms with Crippen LogP contribution in [0.3, 0.4) is 0 Å². The van der Waals surface area contributed by atoms with E-state index in [9.17, 15) is 44.1 Å². The molecule has 10 heteroatoms. The van der Waals surface area contributed by atoms with Gasteiger partial charge in [-0.15, -0.1) is 0 Å². The molecule has 0 fully saturated rings. The number of unbranched alkanes of at least 4 members (excludes halogenated alkanes) is 30. The Hall–Kier alpha value is -4.39. The molecule has 0 N–H and O–H groups in total. The number of carboxylic acids is 3. The molecule has 0 aliphatic heterocycles. The molecule has 0 saturated heterocycles. The fourth-order valence-electron chi connectivity index (χ4n) is 8.74. The van der Waals surface area contributed by atoms with Crippen molar-refractivity contribution >= 4 is 52.6 Å². The number of carboxylic acid groups (broad SMARTS) is 3. The molecule has 0 aliphatic carbocycles. The predicted molar refractivity (Wildman–Crippen MR) is 293 cm³/mol. The van der Waals surface area contributed by atoms with E-state index in [0.717, 1.165) is 113 Å². The monoisotopic (exact) mass is 1020 g/mol. The van der Waals surface area contributed by atoms with E-state index in [2.05, 4.69) is 0 Å². The van der Waals surface area contributed by atoms with Gasteiger partial charge in [-0.25, -0.2) is 0 Å². The Morgan fingerprint density at radius 2 is 0.356 bits per heavy atom. The van der Waals surface area contributed by atoms with Crippen LogP contribution in [-0.2, 0) is 14.4 Å². The summed E-state index contributed by atoms with van der Waals surface area (Å²) in [4.78, 5) is 66.6. The minimum atomic E-state index is -0.930. The molecule has 73 heavy (non-hydrogen) atoms. The van der Waals surface area contributed by atoms with Crippen LogP contribution in [-0.4, -0.2) is 52.6 Å². The average Bonchev–Trinajstić information content (AvgIpc) is 3.38. The van der Waals surface area contributed by atoms with Gasteiger partial charge >= 0.3 is 17.4 Å².